The first-order chi connectivity index (χ1) is 13.8. The van der Waals surface area contributed by atoms with Crippen LogP contribution in [0.15, 0.2) is 0 Å². The van der Waals surface area contributed by atoms with Crippen LogP contribution in [0.3, 0.4) is 0 Å². The Morgan fingerprint density at radius 1 is 0.700 bits per heavy atom. The number of amides is 1. The number of hydrogen-bond acceptors (Lipinski definition) is 11. The fourth-order valence-corrected chi connectivity index (χ4v) is 3.32. The molecule has 1 aliphatic rings. The lowest BCUT2D eigenvalue weighted by atomic mass is 9.94. The molecule has 1 N–H and O–H groups in total. The smallest absolute Gasteiger partial charge is 0.303 e. The third-order valence-electron chi connectivity index (χ3n) is 4.05. The van der Waals surface area contributed by atoms with Gasteiger partial charge in [-0.2, -0.15) is 0 Å². The minimum Gasteiger partial charge on any atom is -0.461 e. The molecule has 0 bridgehead atoms. The van der Waals surface area contributed by atoms with E-state index in [0.717, 1.165) is 41.5 Å². The summed E-state index contributed by atoms with van der Waals surface area (Å²) in [6.45, 7) is 5.72. The summed E-state index contributed by atoms with van der Waals surface area (Å²) in [5.41, 5.74) is -2.06. The maximum atomic E-state index is 11.9. The van der Waals surface area contributed by atoms with E-state index in [4.69, 9.17) is 23.7 Å². The lowest BCUT2D eigenvalue weighted by Gasteiger charge is -2.37. The van der Waals surface area contributed by atoms with Crippen LogP contribution in [0, 0.1) is 0 Å². The van der Waals surface area contributed by atoms with Gasteiger partial charge in [0.1, 0.15) is 12.6 Å². The van der Waals surface area contributed by atoms with Crippen LogP contribution < -0.4 is 5.32 Å². The zero-order valence-corrected chi connectivity index (χ0v) is 17.5. The molecule has 1 aliphatic carbocycles. The summed E-state index contributed by atoms with van der Waals surface area (Å²) in [4.78, 5) is 70.5. The van der Waals surface area contributed by atoms with E-state index in [9.17, 15) is 28.8 Å². The molecule has 5 atom stereocenters. The maximum absolute atomic E-state index is 11.9. The Labute approximate surface area is 172 Å². The molecule has 1 fully saturated rings. The van der Waals surface area contributed by atoms with Crippen molar-refractivity contribution in [1.82, 2.24) is 5.32 Å². The van der Waals surface area contributed by atoms with Gasteiger partial charge in [-0.05, 0) is 0 Å². The molecular formula is C18H25NO11. The first-order valence-electron chi connectivity index (χ1n) is 8.91. The number of nitrogens with one attached hydrogen (secondary N) is 1. The van der Waals surface area contributed by atoms with Crippen LogP contribution in [0.1, 0.15) is 41.5 Å². The number of esters is 5. The maximum Gasteiger partial charge on any atom is 0.303 e. The Kier molecular flexibility index (Phi) is 8.31. The molecule has 12 heteroatoms. The van der Waals surface area contributed by atoms with Gasteiger partial charge in [-0.15, -0.1) is 0 Å². The Morgan fingerprint density at radius 2 is 1.20 bits per heavy atom. The first kappa shape index (κ1) is 24.9. The van der Waals surface area contributed by atoms with Gasteiger partial charge in [0.25, 0.3) is 0 Å². The number of ether oxygens (including phenoxy) is 5. The van der Waals surface area contributed by atoms with Crippen molar-refractivity contribution in [1.29, 1.82) is 0 Å². The molecule has 1 saturated carbocycles. The fourth-order valence-electron chi connectivity index (χ4n) is 3.32. The third kappa shape index (κ3) is 6.16. The number of rotatable bonds is 7. The zero-order valence-electron chi connectivity index (χ0n) is 17.5. The standard InChI is InChI=1S/C18H25NO11/c1-8(20)19-16-14(27-10(3)22)15(28-11(4)23)17(29-12(5)24)18(16,30-13(6)25)7-26-9(2)21/h14-17H,7H2,1-6H3,(H,19,20)/t14-,15-,16-,17+,18+/m0/s1. The van der Waals surface area contributed by atoms with Gasteiger partial charge < -0.3 is 29.0 Å². The van der Waals surface area contributed by atoms with Crippen molar-refractivity contribution in [3.63, 3.8) is 0 Å². The second-order valence-corrected chi connectivity index (χ2v) is 6.69. The minimum atomic E-state index is -2.06. The second kappa shape index (κ2) is 10.0. The van der Waals surface area contributed by atoms with Crippen molar-refractivity contribution in [3.8, 4) is 0 Å². The Bertz CT molecular complexity index is 690. The highest BCUT2D eigenvalue weighted by atomic mass is 16.7. The lowest BCUT2D eigenvalue weighted by Crippen LogP contribution is -2.62. The largest absolute Gasteiger partial charge is 0.461 e. The van der Waals surface area contributed by atoms with E-state index in [1.165, 1.54) is 0 Å². The molecule has 0 aromatic carbocycles. The topological polar surface area (TPSA) is 161 Å². The molecule has 0 spiro atoms. The first-order valence-corrected chi connectivity index (χ1v) is 8.91. The highest BCUT2D eigenvalue weighted by Gasteiger charge is 2.69. The van der Waals surface area contributed by atoms with Gasteiger partial charge >= 0.3 is 29.8 Å². The monoisotopic (exact) mass is 431 g/mol. The number of carbonyl (C=O) groups is 6. The van der Waals surface area contributed by atoms with E-state index < -0.39 is 72.3 Å². The van der Waals surface area contributed by atoms with Gasteiger partial charge in [0.2, 0.25) is 11.5 Å². The molecule has 0 heterocycles. The average Bonchev–Trinajstić information content (AvgIpc) is 2.75. The Hall–Kier alpha value is -3.18. The van der Waals surface area contributed by atoms with E-state index in [2.05, 4.69) is 5.32 Å². The van der Waals surface area contributed by atoms with Crippen LogP contribution >= 0.6 is 0 Å². The summed E-state index contributed by atoms with van der Waals surface area (Å²) in [7, 11) is 0. The molecule has 12 nitrogen and oxygen atoms in total. The Morgan fingerprint density at radius 3 is 1.60 bits per heavy atom. The fraction of sp³-hybridized carbons (Fsp3) is 0.667. The van der Waals surface area contributed by atoms with Crippen molar-refractivity contribution >= 4 is 35.8 Å². The van der Waals surface area contributed by atoms with Gasteiger partial charge in [0.05, 0.1) is 0 Å². The van der Waals surface area contributed by atoms with Crippen molar-refractivity contribution in [2.75, 3.05) is 6.61 Å². The second-order valence-electron chi connectivity index (χ2n) is 6.69. The average molecular weight is 431 g/mol. The molecule has 0 aromatic rings. The van der Waals surface area contributed by atoms with Crippen molar-refractivity contribution < 1.29 is 52.5 Å². The van der Waals surface area contributed by atoms with E-state index in [1.807, 2.05) is 0 Å². The molecule has 0 radical (unpaired) electrons. The highest BCUT2D eigenvalue weighted by Crippen LogP contribution is 2.41. The van der Waals surface area contributed by atoms with E-state index in [0.29, 0.717) is 0 Å². The van der Waals surface area contributed by atoms with Crippen LogP contribution in [0.2, 0.25) is 0 Å². The molecular weight excluding hydrogens is 406 g/mol. The summed E-state index contributed by atoms with van der Waals surface area (Å²) in [5, 5.41) is 2.46. The van der Waals surface area contributed by atoms with Crippen molar-refractivity contribution in [2.45, 2.75) is 71.5 Å². The lowest BCUT2D eigenvalue weighted by molar-refractivity contribution is -0.203. The minimum absolute atomic E-state index is 0.637. The van der Waals surface area contributed by atoms with Crippen LogP contribution in [0.25, 0.3) is 0 Å². The quantitative estimate of drug-likeness (QED) is 0.395. The van der Waals surface area contributed by atoms with Crippen LogP contribution in [0.4, 0.5) is 0 Å². The molecule has 0 aromatic heterocycles. The molecule has 30 heavy (non-hydrogen) atoms. The van der Waals surface area contributed by atoms with Crippen molar-refractivity contribution in [3.05, 3.63) is 0 Å². The zero-order chi connectivity index (χ0) is 23.2. The molecule has 0 saturated heterocycles. The van der Waals surface area contributed by atoms with Gasteiger partial charge in [-0.3, -0.25) is 28.8 Å². The predicted octanol–water partition coefficient (Wildman–Crippen LogP) is -0.835. The van der Waals surface area contributed by atoms with Gasteiger partial charge in [-0.1, -0.05) is 0 Å². The van der Waals surface area contributed by atoms with E-state index >= 15 is 0 Å². The summed E-state index contributed by atoms with van der Waals surface area (Å²) in [6.07, 6.45) is -4.50. The Balaban J connectivity index is 3.74. The summed E-state index contributed by atoms with van der Waals surface area (Å²) in [6, 6.07) is -1.39. The SMILES string of the molecule is CC(=O)N[C@H]1[C@@H](OC(C)=O)[C@H](OC(C)=O)[C@@H](OC(C)=O)[C@]1(COC(C)=O)OC(C)=O. The third-order valence-corrected chi connectivity index (χ3v) is 4.05. The summed E-state index contributed by atoms with van der Waals surface area (Å²) < 4.78 is 26.2. The van der Waals surface area contributed by atoms with Gasteiger partial charge in [-0.25, -0.2) is 0 Å². The normalized spacial score (nSPS) is 27.4. The predicted molar refractivity (Wildman–Crippen MR) is 95.4 cm³/mol. The molecule has 0 unspecified atom stereocenters. The van der Waals surface area contributed by atoms with E-state index in [1.54, 1.807) is 0 Å². The van der Waals surface area contributed by atoms with Crippen LogP contribution in [0.5, 0.6) is 0 Å². The molecule has 168 valence electrons. The molecule has 1 amide bonds. The highest BCUT2D eigenvalue weighted by molar-refractivity contribution is 5.75. The number of hydrogen-bond donors (Lipinski definition) is 1. The number of carbonyl (C=O) groups excluding carboxylic acids is 6. The van der Waals surface area contributed by atoms with Gasteiger partial charge in [0.15, 0.2) is 18.3 Å². The van der Waals surface area contributed by atoms with Crippen LogP contribution in [-0.2, 0) is 52.5 Å². The molecule has 0 aliphatic heterocycles. The van der Waals surface area contributed by atoms with E-state index in [-0.39, 0.29) is 0 Å². The van der Waals surface area contributed by atoms with Crippen molar-refractivity contribution in [2.24, 2.45) is 0 Å². The molecule has 1 rings (SSSR count). The van der Waals surface area contributed by atoms with Crippen LogP contribution in [-0.4, -0.2) is 72.3 Å². The summed E-state index contributed by atoms with van der Waals surface area (Å²) in [5.74, 6) is -4.81. The summed E-state index contributed by atoms with van der Waals surface area (Å²) >= 11 is 0. The van der Waals surface area contributed by atoms with Gasteiger partial charge in [0, 0.05) is 41.5 Å².